The predicted octanol–water partition coefficient (Wildman–Crippen LogP) is 2.62. The molecular formula is C16H13N3O4S. The largest absolute Gasteiger partial charge is 0.467 e. The molecule has 0 amide bonds. The number of rotatable bonds is 6. The molecule has 2 aromatic heterocycles. The fourth-order valence-corrected chi connectivity index (χ4v) is 3.13. The molecule has 0 bridgehead atoms. The first-order chi connectivity index (χ1) is 11.8. The van der Waals surface area contributed by atoms with Crippen molar-refractivity contribution in [2.24, 2.45) is 0 Å². The van der Waals surface area contributed by atoms with E-state index in [1.54, 1.807) is 30.8 Å². The molecule has 24 heavy (non-hydrogen) atoms. The highest BCUT2D eigenvalue weighted by Gasteiger charge is 2.17. The van der Waals surface area contributed by atoms with Gasteiger partial charge in [0.25, 0.3) is 0 Å². The molecule has 0 radical (unpaired) electrons. The van der Waals surface area contributed by atoms with E-state index in [0.29, 0.717) is 28.8 Å². The fourth-order valence-electron chi connectivity index (χ4n) is 2.32. The predicted molar refractivity (Wildman–Crippen MR) is 85.5 cm³/mol. The van der Waals surface area contributed by atoms with Crippen molar-refractivity contribution in [3.63, 3.8) is 0 Å². The van der Waals surface area contributed by atoms with Crippen LogP contribution in [0.2, 0.25) is 0 Å². The lowest BCUT2D eigenvalue weighted by Gasteiger charge is -2.05. The average Bonchev–Trinajstić information content (AvgIpc) is 3.34. The van der Waals surface area contributed by atoms with Crippen LogP contribution < -0.4 is 9.47 Å². The van der Waals surface area contributed by atoms with Gasteiger partial charge in [0.1, 0.15) is 12.1 Å². The second-order valence-electron chi connectivity index (χ2n) is 5.10. The van der Waals surface area contributed by atoms with Crippen LogP contribution in [0.1, 0.15) is 16.1 Å². The lowest BCUT2D eigenvalue weighted by atomic mass is 10.1. The number of benzene rings is 1. The van der Waals surface area contributed by atoms with Crippen LogP contribution in [0.5, 0.6) is 11.5 Å². The van der Waals surface area contributed by atoms with Gasteiger partial charge in [-0.25, -0.2) is 0 Å². The summed E-state index contributed by atoms with van der Waals surface area (Å²) in [5.74, 6) is 2.32. The Labute approximate surface area is 141 Å². The first-order valence-electron chi connectivity index (χ1n) is 7.25. The summed E-state index contributed by atoms with van der Waals surface area (Å²) >= 11 is 1.34. The minimum Gasteiger partial charge on any atom is -0.467 e. The number of carbonyl (C=O) groups is 1. The third kappa shape index (κ3) is 3.00. The van der Waals surface area contributed by atoms with Crippen molar-refractivity contribution >= 4 is 17.5 Å². The van der Waals surface area contributed by atoms with E-state index < -0.39 is 0 Å². The zero-order valence-corrected chi connectivity index (χ0v) is 13.4. The Morgan fingerprint density at radius 3 is 3.04 bits per heavy atom. The Bertz CT molecular complexity index is 860. The van der Waals surface area contributed by atoms with Gasteiger partial charge in [0.15, 0.2) is 22.4 Å². The first-order valence-corrected chi connectivity index (χ1v) is 8.24. The summed E-state index contributed by atoms with van der Waals surface area (Å²) in [7, 11) is 0. The van der Waals surface area contributed by atoms with E-state index in [2.05, 4.69) is 10.2 Å². The van der Waals surface area contributed by atoms with Gasteiger partial charge in [-0.1, -0.05) is 11.8 Å². The third-order valence-corrected chi connectivity index (χ3v) is 4.49. The Morgan fingerprint density at radius 2 is 2.17 bits per heavy atom. The van der Waals surface area contributed by atoms with Gasteiger partial charge in [-0.05, 0) is 30.3 Å². The monoisotopic (exact) mass is 343 g/mol. The van der Waals surface area contributed by atoms with E-state index in [4.69, 9.17) is 13.9 Å². The second kappa shape index (κ2) is 6.40. The molecule has 1 aliphatic heterocycles. The molecule has 1 aromatic carbocycles. The maximum absolute atomic E-state index is 12.4. The molecule has 0 unspecified atom stereocenters. The zero-order valence-electron chi connectivity index (χ0n) is 12.5. The molecule has 3 heterocycles. The van der Waals surface area contributed by atoms with Gasteiger partial charge in [0.05, 0.1) is 18.6 Å². The summed E-state index contributed by atoms with van der Waals surface area (Å²) < 4.78 is 17.7. The molecule has 0 atom stereocenters. The summed E-state index contributed by atoms with van der Waals surface area (Å²) in [5.41, 5.74) is 0.587. The number of aromatic nitrogens is 3. The van der Waals surface area contributed by atoms with Crippen LogP contribution in [-0.2, 0) is 6.54 Å². The van der Waals surface area contributed by atoms with Crippen LogP contribution >= 0.6 is 11.8 Å². The van der Waals surface area contributed by atoms with Gasteiger partial charge in [-0.15, -0.1) is 10.2 Å². The van der Waals surface area contributed by atoms with Gasteiger partial charge >= 0.3 is 0 Å². The van der Waals surface area contributed by atoms with Gasteiger partial charge in [-0.3, -0.25) is 4.79 Å². The number of carbonyl (C=O) groups excluding carboxylic acids is 1. The summed E-state index contributed by atoms with van der Waals surface area (Å²) in [6.45, 7) is 0.720. The number of thioether (sulfide) groups is 1. The topological polar surface area (TPSA) is 79.4 Å². The van der Waals surface area contributed by atoms with Gasteiger partial charge in [-0.2, -0.15) is 0 Å². The van der Waals surface area contributed by atoms with Crippen molar-refractivity contribution in [1.29, 1.82) is 0 Å². The van der Waals surface area contributed by atoms with E-state index in [-0.39, 0.29) is 18.3 Å². The lowest BCUT2D eigenvalue weighted by Crippen LogP contribution is -2.05. The molecule has 8 heteroatoms. The minimum atomic E-state index is -0.00847. The number of fused-ring (bicyclic) bond motifs is 1. The van der Waals surface area contributed by atoms with Crippen molar-refractivity contribution < 1.29 is 18.7 Å². The van der Waals surface area contributed by atoms with E-state index >= 15 is 0 Å². The van der Waals surface area contributed by atoms with Crippen molar-refractivity contribution in [2.75, 3.05) is 12.5 Å². The molecule has 4 rings (SSSR count). The molecule has 0 aliphatic carbocycles. The van der Waals surface area contributed by atoms with Crippen LogP contribution in [0, 0.1) is 0 Å². The molecule has 0 spiro atoms. The van der Waals surface area contributed by atoms with Crippen LogP contribution in [-0.4, -0.2) is 33.1 Å². The number of hydrogen-bond acceptors (Lipinski definition) is 7. The Balaban J connectivity index is 1.42. The SMILES string of the molecule is O=C(CSc1nncn1Cc1ccco1)c1ccc2c(c1)OCO2. The smallest absolute Gasteiger partial charge is 0.231 e. The van der Waals surface area contributed by atoms with Crippen LogP contribution in [0.4, 0.5) is 0 Å². The highest BCUT2D eigenvalue weighted by molar-refractivity contribution is 7.99. The van der Waals surface area contributed by atoms with Crippen molar-refractivity contribution in [2.45, 2.75) is 11.7 Å². The van der Waals surface area contributed by atoms with Crippen molar-refractivity contribution in [1.82, 2.24) is 14.8 Å². The maximum Gasteiger partial charge on any atom is 0.231 e. The van der Waals surface area contributed by atoms with Crippen molar-refractivity contribution in [3.05, 3.63) is 54.2 Å². The standard InChI is InChI=1S/C16H13N3O4S/c20-13(11-3-4-14-15(6-11)23-10-22-14)8-24-16-18-17-9-19(16)7-12-2-1-5-21-12/h1-6,9H,7-8,10H2. The Morgan fingerprint density at radius 1 is 1.25 bits per heavy atom. The fraction of sp³-hybridized carbons (Fsp3) is 0.188. The molecule has 0 fully saturated rings. The first kappa shape index (κ1) is 14.8. The highest BCUT2D eigenvalue weighted by Crippen LogP contribution is 2.33. The number of ketones is 1. The van der Waals surface area contributed by atoms with E-state index in [1.165, 1.54) is 11.8 Å². The molecule has 1 aliphatic rings. The number of Topliss-reactive ketones (excluding diaryl/α,β-unsaturated/α-hetero) is 1. The number of ether oxygens (including phenoxy) is 2. The molecule has 122 valence electrons. The third-order valence-electron chi connectivity index (χ3n) is 3.51. The molecule has 0 saturated heterocycles. The summed E-state index contributed by atoms with van der Waals surface area (Å²) in [4.78, 5) is 12.4. The van der Waals surface area contributed by atoms with Gasteiger partial charge in [0.2, 0.25) is 6.79 Å². The van der Waals surface area contributed by atoms with Crippen LogP contribution in [0.3, 0.4) is 0 Å². The van der Waals surface area contributed by atoms with Crippen LogP contribution in [0.15, 0.2) is 52.5 Å². The molecule has 3 aromatic rings. The summed E-state index contributed by atoms with van der Waals surface area (Å²) in [6, 6.07) is 8.91. The zero-order chi connectivity index (χ0) is 16.4. The number of furan rings is 1. The Hall–Kier alpha value is -2.74. The maximum atomic E-state index is 12.4. The van der Waals surface area contributed by atoms with Gasteiger partial charge < -0.3 is 18.5 Å². The molecular weight excluding hydrogens is 330 g/mol. The van der Waals surface area contributed by atoms with Crippen molar-refractivity contribution in [3.8, 4) is 11.5 Å². The second-order valence-corrected chi connectivity index (χ2v) is 6.04. The summed E-state index contributed by atoms with van der Waals surface area (Å²) in [6.07, 6.45) is 3.24. The van der Waals surface area contributed by atoms with Gasteiger partial charge in [0, 0.05) is 5.56 Å². The molecule has 7 nitrogen and oxygen atoms in total. The Kier molecular flexibility index (Phi) is 3.96. The molecule has 0 N–H and O–H groups in total. The highest BCUT2D eigenvalue weighted by atomic mass is 32.2. The lowest BCUT2D eigenvalue weighted by molar-refractivity contribution is 0.102. The normalized spacial score (nSPS) is 12.5. The van der Waals surface area contributed by atoms with E-state index in [9.17, 15) is 4.79 Å². The van der Waals surface area contributed by atoms with E-state index in [1.807, 2.05) is 16.7 Å². The minimum absolute atomic E-state index is 0.00847. The van der Waals surface area contributed by atoms with E-state index in [0.717, 1.165) is 5.76 Å². The quantitative estimate of drug-likeness (QED) is 0.503. The molecule has 0 saturated carbocycles. The summed E-state index contributed by atoms with van der Waals surface area (Å²) in [5, 5.41) is 8.63. The number of hydrogen-bond donors (Lipinski definition) is 0. The van der Waals surface area contributed by atoms with Crippen LogP contribution in [0.25, 0.3) is 0 Å². The average molecular weight is 343 g/mol. The number of nitrogens with zero attached hydrogens (tertiary/aromatic N) is 3.